The Bertz CT molecular complexity index is 630. The summed E-state index contributed by atoms with van der Waals surface area (Å²) in [5.74, 6) is -1.18. The molecule has 0 aromatic heterocycles. The Labute approximate surface area is 132 Å². The molecule has 0 spiro atoms. The number of halogens is 1. The number of carbonyl (C=O) groups is 1. The maximum atomic E-state index is 12.5. The molecular weight excluding hydrogens is 362 g/mol. The third-order valence-corrected chi connectivity index (χ3v) is 5.88. The first-order valence-electron chi connectivity index (χ1n) is 6.40. The van der Waals surface area contributed by atoms with Crippen molar-refractivity contribution in [2.45, 2.75) is 25.2 Å². The molecule has 0 unspecified atom stereocenters. The van der Waals surface area contributed by atoms with Crippen LogP contribution in [-0.2, 0) is 10.0 Å². The van der Waals surface area contributed by atoms with Gasteiger partial charge in [0.25, 0.3) is 0 Å². The average molecular weight is 380 g/mol. The lowest BCUT2D eigenvalue weighted by Gasteiger charge is -2.21. The molecule has 0 bridgehead atoms. The van der Waals surface area contributed by atoms with Crippen LogP contribution in [0.3, 0.4) is 0 Å². The van der Waals surface area contributed by atoms with Crippen LogP contribution in [0.4, 0.5) is 0 Å². The van der Waals surface area contributed by atoms with Crippen LogP contribution in [0.1, 0.15) is 29.3 Å². The van der Waals surface area contributed by atoms with Crippen molar-refractivity contribution in [1.29, 1.82) is 0 Å². The highest BCUT2D eigenvalue weighted by molar-refractivity contribution is 9.10. The van der Waals surface area contributed by atoms with Crippen molar-refractivity contribution in [3.05, 3.63) is 27.7 Å². The van der Waals surface area contributed by atoms with E-state index in [1.54, 1.807) is 13.8 Å². The Hall–Kier alpha value is -0.960. The lowest BCUT2D eigenvalue weighted by Crippen LogP contribution is -2.32. The SMILES string of the molecule is CCN(CCCO)S(=O)(=O)c1cc(Br)c(C)c(C(=O)O)c1. The Morgan fingerprint density at radius 1 is 1.38 bits per heavy atom. The molecule has 118 valence electrons. The molecule has 0 fully saturated rings. The molecule has 2 N–H and O–H groups in total. The number of carboxylic acid groups (broad SMARTS) is 1. The second-order valence-corrected chi connectivity index (χ2v) is 7.25. The summed E-state index contributed by atoms with van der Waals surface area (Å²) >= 11 is 3.20. The Balaban J connectivity index is 3.34. The van der Waals surface area contributed by atoms with Crippen LogP contribution in [0.25, 0.3) is 0 Å². The molecule has 1 aromatic carbocycles. The topological polar surface area (TPSA) is 94.9 Å². The monoisotopic (exact) mass is 379 g/mol. The number of aliphatic hydroxyl groups is 1. The van der Waals surface area contributed by atoms with E-state index in [0.717, 1.165) is 0 Å². The van der Waals surface area contributed by atoms with Crippen LogP contribution >= 0.6 is 15.9 Å². The molecule has 21 heavy (non-hydrogen) atoms. The van der Waals surface area contributed by atoms with Crippen LogP contribution < -0.4 is 0 Å². The number of hydrogen-bond acceptors (Lipinski definition) is 4. The predicted molar refractivity (Wildman–Crippen MR) is 82.0 cm³/mol. The van der Waals surface area contributed by atoms with E-state index in [0.29, 0.717) is 16.5 Å². The minimum absolute atomic E-state index is 0.0545. The number of aliphatic hydroxyl groups excluding tert-OH is 1. The summed E-state index contributed by atoms with van der Waals surface area (Å²) in [5, 5.41) is 18.0. The number of aromatic carboxylic acids is 1. The van der Waals surface area contributed by atoms with Crippen molar-refractivity contribution >= 4 is 31.9 Å². The maximum absolute atomic E-state index is 12.5. The quantitative estimate of drug-likeness (QED) is 0.753. The smallest absolute Gasteiger partial charge is 0.336 e. The third-order valence-electron chi connectivity index (χ3n) is 3.10. The lowest BCUT2D eigenvalue weighted by molar-refractivity contribution is 0.0695. The summed E-state index contributed by atoms with van der Waals surface area (Å²) in [7, 11) is -3.79. The van der Waals surface area contributed by atoms with Gasteiger partial charge in [0.15, 0.2) is 0 Å². The number of sulfonamides is 1. The van der Waals surface area contributed by atoms with Gasteiger partial charge in [0.05, 0.1) is 10.5 Å². The number of hydrogen-bond donors (Lipinski definition) is 2. The zero-order valence-corrected chi connectivity index (χ0v) is 14.2. The highest BCUT2D eigenvalue weighted by atomic mass is 79.9. The molecule has 8 heteroatoms. The average Bonchev–Trinajstić information content (AvgIpc) is 2.41. The number of rotatable bonds is 7. The van der Waals surface area contributed by atoms with Crippen molar-refractivity contribution in [2.24, 2.45) is 0 Å². The van der Waals surface area contributed by atoms with Gasteiger partial charge in [-0.1, -0.05) is 22.9 Å². The van der Waals surface area contributed by atoms with Gasteiger partial charge in [0.2, 0.25) is 10.0 Å². The zero-order chi connectivity index (χ0) is 16.2. The largest absolute Gasteiger partial charge is 0.478 e. The zero-order valence-electron chi connectivity index (χ0n) is 11.8. The molecule has 6 nitrogen and oxygen atoms in total. The summed E-state index contributed by atoms with van der Waals surface area (Å²) in [6.45, 7) is 3.62. The van der Waals surface area contributed by atoms with Crippen molar-refractivity contribution < 1.29 is 23.4 Å². The highest BCUT2D eigenvalue weighted by Gasteiger charge is 2.25. The Morgan fingerprint density at radius 3 is 2.48 bits per heavy atom. The van der Waals surface area contributed by atoms with Gasteiger partial charge >= 0.3 is 5.97 Å². The Kier molecular flexibility index (Phi) is 6.33. The van der Waals surface area contributed by atoms with Gasteiger partial charge in [0.1, 0.15) is 0 Å². The summed E-state index contributed by atoms with van der Waals surface area (Å²) < 4.78 is 26.7. The van der Waals surface area contributed by atoms with Gasteiger partial charge in [-0.3, -0.25) is 0 Å². The number of nitrogens with zero attached hydrogens (tertiary/aromatic N) is 1. The van der Waals surface area contributed by atoms with Crippen molar-refractivity contribution in [1.82, 2.24) is 4.31 Å². The summed E-state index contributed by atoms with van der Waals surface area (Å²) in [6.07, 6.45) is 0.325. The maximum Gasteiger partial charge on any atom is 0.336 e. The van der Waals surface area contributed by atoms with E-state index >= 15 is 0 Å². The molecular formula is C13H18BrNO5S. The second-order valence-electron chi connectivity index (χ2n) is 4.46. The summed E-state index contributed by atoms with van der Waals surface area (Å²) in [6, 6.07) is 2.57. The van der Waals surface area contributed by atoms with Gasteiger partial charge in [0, 0.05) is 24.2 Å². The third kappa shape index (κ3) is 4.03. The molecule has 0 aliphatic rings. The second kappa shape index (κ2) is 7.35. The number of benzene rings is 1. The van der Waals surface area contributed by atoms with Crippen LogP contribution in [-0.4, -0.2) is 48.6 Å². The molecule has 0 heterocycles. The van der Waals surface area contributed by atoms with E-state index in [-0.39, 0.29) is 30.2 Å². The molecule has 0 aliphatic carbocycles. The fraction of sp³-hybridized carbons (Fsp3) is 0.462. The molecule has 1 aromatic rings. The summed E-state index contributed by atoms with van der Waals surface area (Å²) in [4.78, 5) is 11.1. The van der Waals surface area contributed by atoms with Gasteiger partial charge in [-0.15, -0.1) is 0 Å². The molecule has 0 saturated carbocycles. The van der Waals surface area contributed by atoms with Crippen molar-refractivity contribution in [3.63, 3.8) is 0 Å². The van der Waals surface area contributed by atoms with E-state index in [2.05, 4.69) is 15.9 Å². The summed E-state index contributed by atoms with van der Waals surface area (Å²) in [5.41, 5.74) is 0.418. The van der Waals surface area contributed by atoms with E-state index in [1.807, 2.05) is 0 Å². The molecule has 0 amide bonds. The van der Waals surface area contributed by atoms with Crippen molar-refractivity contribution in [3.8, 4) is 0 Å². The first-order chi connectivity index (χ1) is 9.75. The van der Waals surface area contributed by atoms with E-state index in [4.69, 9.17) is 10.2 Å². The minimum Gasteiger partial charge on any atom is -0.478 e. The van der Waals surface area contributed by atoms with E-state index in [1.165, 1.54) is 16.4 Å². The Morgan fingerprint density at radius 2 is 2.00 bits per heavy atom. The van der Waals surface area contributed by atoms with E-state index in [9.17, 15) is 13.2 Å². The first-order valence-corrected chi connectivity index (χ1v) is 8.63. The molecule has 0 aliphatic heterocycles. The molecule has 1 rings (SSSR count). The lowest BCUT2D eigenvalue weighted by atomic mass is 10.1. The molecule has 0 saturated heterocycles. The minimum atomic E-state index is -3.79. The van der Waals surface area contributed by atoms with Crippen LogP contribution in [0.15, 0.2) is 21.5 Å². The fourth-order valence-electron chi connectivity index (χ4n) is 1.87. The van der Waals surface area contributed by atoms with Gasteiger partial charge in [-0.25, -0.2) is 13.2 Å². The van der Waals surface area contributed by atoms with Crippen LogP contribution in [0.2, 0.25) is 0 Å². The molecule has 0 radical (unpaired) electrons. The van der Waals surface area contributed by atoms with Gasteiger partial charge in [-0.2, -0.15) is 4.31 Å². The van der Waals surface area contributed by atoms with E-state index < -0.39 is 16.0 Å². The van der Waals surface area contributed by atoms with Crippen LogP contribution in [0.5, 0.6) is 0 Å². The van der Waals surface area contributed by atoms with Gasteiger partial charge in [-0.05, 0) is 31.0 Å². The molecule has 0 atom stereocenters. The number of carboxylic acids is 1. The van der Waals surface area contributed by atoms with Gasteiger partial charge < -0.3 is 10.2 Å². The predicted octanol–water partition coefficient (Wildman–Crippen LogP) is 1.85. The fourth-order valence-corrected chi connectivity index (χ4v) is 4.02. The normalized spacial score (nSPS) is 11.9. The van der Waals surface area contributed by atoms with Crippen molar-refractivity contribution in [2.75, 3.05) is 19.7 Å². The highest BCUT2D eigenvalue weighted by Crippen LogP contribution is 2.27. The first kappa shape index (κ1) is 18.1. The van der Waals surface area contributed by atoms with Crippen LogP contribution in [0, 0.1) is 6.92 Å². The standard InChI is InChI=1S/C13H18BrNO5S/c1-3-15(5-4-6-16)21(19,20)10-7-11(13(17)18)9(2)12(14)8-10/h7-8,16H,3-6H2,1-2H3,(H,17,18).